The van der Waals surface area contributed by atoms with Gasteiger partial charge in [0, 0.05) is 0 Å². The first kappa shape index (κ1) is 14.3. The Morgan fingerprint density at radius 2 is 1.71 bits per heavy atom. The average molecular weight is 287 g/mol. The maximum atomic E-state index is 12.5. The second-order valence-corrected chi connectivity index (χ2v) is 6.43. The van der Waals surface area contributed by atoms with Gasteiger partial charge in [-0.1, -0.05) is 25.1 Å². The minimum Gasteiger partial charge on any atom is -0.333 e. The maximum Gasteiger partial charge on any atom is 0.292 e. The van der Waals surface area contributed by atoms with Crippen molar-refractivity contribution in [1.29, 1.82) is 0 Å². The SMILES string of the molecule is CC1CCC([NH2+][C@H]2CC(=O)N(c3ccccc3)C2=O)CC1. The Morgan fingerprint density at radius 3 is 2.38 bits per heavy atom. The van der Waals surface area contributed by atoms with Gasteiger partial charge in [0.2, 0.25) is 5.91 Å². The Morgan fingerprint density at radius 1 is 1.05 bits per heavy atom. The number of benzene rings is 1. The third-order valence-corrected chi connectivity index (χ3v) is 4.76. The number of para-hydroxylation sites is 1. The van der Waals surface area contributed by atoms with Gasteiger partial charge in [0.25, 0.3) is 5.91 Å². The van der Waals surface area contributed by atoms with Crippen LogP contribution in [-0.4, -0.2) is 23.9 Å². The fraction of sp³-hybridized carbons (Fsp3) is 0.529. The highest BCUT2D eigenvalue weighted by Gasteiger charge is 2.43. The largest absolute Gasteiger partial charge is 0.333 e. The summed E-state index contributed by atoms with van der Waals surface area (Å²) in [7, 11) is 0. The van der Waals surface area contributed by atoms with Gasteiger partial charge in [0.15, 0.2) is 6.04 Å². The van der Waals surface area contributed by atoms with E-state index in [1.807, 2.05) is 30.3 Å². The number of carbonyl (C=O) groups is 2. The summed E-state index contributed by atoms with van der Waals surface area (Å²) >= 11 is 0. The van der Waals surface area contributed by atoms with Crippen LogP contribution in [0.2, 0.25) is 0 Å². The molecule has 1 saturated heterocycles. The van der Waals surface area contributed by atoms with E-state index in [4.69, 9.17) is 0 Å². The van der Waals surface area contributed by atoms with Crippen LogP contribution >= 0.6 is 0 Å². The van der Waals surface area contributed by atoms with Crippen molar-refractivity contribution in [3.8, 4) is 0 Å². The van der Waals surface area contributed by atoms with Crippen molar-refractivity contribution in [3.63, 3.8) is 0 Å². The molecule has 112 valence electrons. The zero-order chi connectivity index (χ0) is 14.8. The standard InChI is InChI=1S/C17H22N2O2/c1-12-7-9-13(10-8-12)18-15-11-16(20)19(17(15)21)14-5-3-2-4-6-14/h2-6,12-13,15,18H,7-11H2,1H3/p+1/t12?,13?,15-/m0/s1. The second-order valence-electron chi connectivity index (χ2n) is 6.43. The Labute approximate surface area is 125 Å². The van der Waals surface area contributed by atoms with Crippen molar-refractivity contribution in [3.05, 3.63) is 30.3 Å². The van der Waals surface area contributed by atoms with E-state index in [1.54, 1.807) is 0 Å². The van der Waals surface area contributed by atoms with Gasteiger partial charge in [-0.15, -0.1) is 0 Å². The van der Waals surface area contributed by atoms with E-state index in [9.17, 15) is 9.59 Å². The predicted octanol–water partition coefficient (Wildman–Crippen LogP) is 1.46. The number of carbonyl (C=O) groups excluding carboxylic acids is 2. The molecule has 1 aromatic carbocycles. The van der Waals surface area contributed by atoms with Crippen LogP contribution in [0.1, 0.15) is 39.0 Å². The number of anilines is 1. The van der Waals surface area contributed by atoms with Crippen LogP contribution in [-0.2, 0) is 9.59 Å². The van der Waals surface area contributed by atoms with Crippen LogP contribution in [0.25, 0.3) is 0 Å². The minimum absolute atomic E-state index is 0.0511. The van der Waals surface area contributed by atoms with E-state index >= 15 is 0 Å². The van der Waals surface area contributed by atoms with Crippen LogP contribution in [0.3, 0.4) is 0 Å². The summed E-state index contributed by atoms with van der Waals surface area (Å²) < 4.78 is 0. The summed E-state index contributed by atoms with van der Waals surface area (Å²) in [5, 5.41) is 2.15. The maximum absolute atomic E-state index is 12.5. The molecule has 1 aliphatic carbocycles. The zero-order valence-corrected chi connectivity index (χ0v) is 12.5. The Bertz CT molecular complexity index is 521. The first-order valence-electron chi connectivity index (χ1n) is 7.92. The molecule has 21 heavy (non-hydrogen) atoms. The topological polar surface area (TPSA) is 54.0 Å². The van der Waals surface area contributed by atoms with Gasteiger partial charge in [-0.05, 0) is 43.7 Å². The van der Waals surface area contributed by atoms with E-state index in [0.29, 0.717) is 18.2 Å². The summed E-state index contributed by atoms with van der Waals surface area (Å²) in [5.74, 6) is 0.679. The smallest absolute Gasteiger partial charge is 0.292 e. The third-order valence-electron chi connectivity index (χ3n) is 4.76. The Hall–Kier alpha value is -1.68. The molecule has 1 aliphatic heterocycles. The molecule has 0 bridgehead atoms. The molecule has 0 spiro atoms. The number of hydrogen-bond donors (Lipinski definition) is 1. The highest BCUT2D eigenvalue weighted by atomic mass is 16.2. The highest BCUT2D eigenvalue weighted by molar-refractivity contribution is 6.21. The monoisotopic (exact) mass is 287 g/mol. The molecule has 2 fully saturated rings. The van der Waals surface area contributed by atoms with E-state index in [0.717, 1.165) is 18.8 Å². The number of amides is 2. The van der Waals surface area contributed by atoms with E-state index < -0.39 is 0 Å². The molecule has 4 nitrogen and oxygen atoms in total. The Balaban J connectivity index is 1.66. The number of imide groups is 1. The van der Waals surface area contributed by atoms with Crippen LogP contribution in [0.4, 0.5) is 5.69 Å². The molecular weight excluding hydrogens is 264 g/mol. The van der Waals surface area contributed by atoms with Crippen LogP contribution < -0.4 is 10.2 Å². The molecule has 3 rings (SSSR count). The summed E-state index contributed by atoms with van der Waals surface area (Å²) in [6.45, 7) is 2.29. The van der Waals surface area contributed by atoms with Gasteiger partial charge in [0.1, 0.15) is 0 Å². The molecular formula is C17H23N2O2+. The fourth-order valence-corrected chi connectivity index (χ4v) is 3.46. The molecule has 2 aliphatic rings. The van der Waals surface area contributed by atoms with E-state index in [1.165, 1.54) is 17.7 Å². The molecule has 0 unspecified atom stereocenters. The summed E-state index contributed by atoms with van der Waals surface area (Å²) in [6, 6.07) is 9.52. The summed E-state index contributed by atoms with van der Waals surface area (Å²) in [4.78, 5) is 26.1. The molecule has 1 aromatic rings. The van der Waals surface area contributed by atoms with Crippen molar-refractivity contribution >= 4 is 17.5 Å². The molecule has 1 atom stereocenters. The molecule has 0 aromatic heterocycles. The van der Waals surface area contributed by atoms with Crippen molar-refractivity contribution in [2.24, 2.45) is 5.92 Å². The van der Waals surface area contributed by atoms with Gasteiger partial charge in [0.05, 0.1) is 18.2 Å². The summed E-state index contributed by atoms with van der Waals surface area (Å²) in [5.41, 5.74) is 0.695. The number of quaternary nitrogens is 1. The zero-order valence-electron chi connectivity index (χ0n) is 12.5. The van der Waals surface area contributed by atoms with Gasteiger partial charge in [-0.2, -0.15) is 0 Å². The number of nitrogens with two attached hydrogens (primary N) is 1. The molecule has 4 heteroatoms. The molecule has 0 radical (unpaired) electrons. The third kappa shape index (κ3) is 3.00. The quantitative estimate of drug-likeness (QED) is 0.856. The van der Waals surface area contributed by atoms with Crippen molar-refractivity contribution in [1.82, 2.24) is 0 Å². The van der Waals surface area contributed by atoms with E-state index in [2.05, 4.69) is 12.2 Å². The summed E-state index contributed by atoms with van der Waals surface area (Å²) in [6.07, 6.45) is 5.12. The predicted molar refractivity (Wildman–Crippen MR) is 80.7 cm³/mol. The van der Waals surface area contributed by atoms with Gasteiger partial charge < -0.3 is 5.32 Å². The van der Waals surface area contributed by atoms with Gasteiger partial charge in [-0.3, -0.25) is 9.59 Å². The lowest BCUT2D eigenvalue weighted by Crippen LogP contribution is -2.96. The normalized spacial score (nSPS) is 30.0. The highest BCUT2D eigenvalue weighted by Crippen LogP contribution is 2.24. The minimum atomic E-state index is -0.226. The van der Waals surface area contributed by atoms with Crippen LogP contribution in [0, 0.1) is 5.92 Å². The molecule has 1 saturated carbocycles. The van der Waals surface area contributed by atoms with Crippen LogP contribution in [0.5, 0.6) is 0 Å². The van der Waals surface area contributed by atoms with E-state index in [-0.39, 0.29) is 17.9 Å². The number of nitrogens with zero attached hydrogens (tertiary/aromatic N) is 1. The van der Waals surface area contributed by atoms with Gasteiger partial charge in [-0.25, -0.2) is 4.90 Å². The number of rotatable bonds is 3. The first-order valence-corrected chi connectivity index (χ1v) is 7.92. The molecule has 1 heterocycles. The molecule has 2 N–H and O–H groups in total. The average Bonchev–Trinajstić information content (AvgIpc) is 2.77. The first-order chi connectivity index (χ1) is 10.1. The van der Waals surface area contributed by atoms with Crippen molar-refractivity contribution in [2.75, 3.05) is 4.90 Å². The lowest BCUT2D eigenvalue weighted by molar-refractivity contribution is -0.710. The molecule has 2 amide bonds. The second kappa shape index (κ2) is 5.98. The Kier molecular flexibility index (Phi) is 4.06. The van der Waals surface area contributed by atoms with Crippen LogP contribution in [0.15, 0.2) is 30.3 Å². The van der Waals surface area contributed by atoms with Crippen molar-refractivity contribution < 1.29 is 14.9 Å². The number of hydrogen-bond acceptors (Lipinski definition) is 2. The van der Waals surface area contributed by atoms with Crippen molar-refractivity contribution in [2.45, 2.75) is 51.1 Å². The lowest BCUT2D eigenvalue weighted by Gasteiger charge is -2.26. The lowest BCUT2D eigenvalue weighted by atomic mass is 9.87. The van der Waals surface area contributed by atoms with Gasteiger partial charge >= 0.3 is 0 Å². The fourth-order valence-electron chi connectivity index (χ4n) is 3.46.